The topological polar surface area (TPSA) is 32.3 Å². The summed E-state index contributed by atoms with van der Waals surface area (Å²) in [5.41, 5.74) is 1.04. The van der Waals surface area contributed by atoms with Crippen LogP contribution < -0.4 is 5.32 Å². The summed E-state index contributed by atoms with van der Waals surface area (Å²) in [6, 6.07) is 6.15. The van der Waals surface area contributed by atoms with E-state index >= 15 is 0 Å². The molecule has 1 aliphatic rings. The predicted molar refractivity (Wildman–Crippen MR) is 66.2 cm³/mol. The maximum atomic E-state index is 13.0. The van der Waals surface area contributed by atoms with Gasteiger partial charge in [0.1, 0.15) is 5.82 Å². The van der Waals surface area contributed by atoms with E-state index in [0.717, 1.165) is 6.54 Å². The van der Waals surface area contributed by atoms with Crippen molar-refractivity contribution in [3.8, 4) is 0 Å². The van der Waals surface area contributed by atoms with E-state index < -0.39 is 6.10 Å². The Kier molecular flexibility index (Phi) is 3.79. The van der Waals surface area contributed by atoms with Crippen LogP contribution >= 0.6 is 0 Å². The zero-order chi connectivity index (χ0) is 12.3. The van der Waals surface area contributed by atoms with Crippen LogP contribution in [0.3, 0.4) is 0 Å². The van der Waals surface area contributed by atoms with Crippen LogP contribution in [0.25, 0.3) is 0 Å². The van der Waals surface area contributed by atoms with Gasteiger partial charge in [-0.15, -0.1) is 0 Å². The average Bonchev–Trinajstić information content (AvgIpc) is 2.26. The number of aliphatic hydroxyl groups is 1. The summed E-state index contributed by atoms with van der Waals surface area (Å²) in [6.45, 7) is 3.68. The first-order valence-electron chi connectivity index (χ1n) is 6.23. The molecule has 2 rings (SSSR count). The Labute approximate surface area is 102 Å². The van der Waals surface area contributed by atoms with Crippen LogP contribution in [0.15, 0.2) is 24.3 Å². The molecule has 0 radical (unpaired) electrons. The first kappa shape index (κ1) is 12.5. The van der Waals surface area contributed by atoms with Crippen LogP contribution in [-0.2, 0) is 0 Å². The Morgan fingerprint density at radius 1 is 1.47 bits per heavy atom. The molecule has 2 nitrogen and oxygen atoms in total. The molecule has 0 saturated heterocycles. The van der Waals surface area contributed by atoms with E-state index in [1.165, 1.54) is 31.4 Å². The molecule has 3 heteroatoms. The second-order valence-electron chi connectivity index (χ2n) is 5.37. The molecule has 1 aromatic rings. The lowest BCUT2D eigenvalue weighted by Gasteiger charge is -2.38. The molecule has 0 aliphatic heterocycles. The van der Waals surface area contributed by atoms with E-state index in [4.69, 9.17) is 0 Å². The van der Waals surface area contributed by atoms with Gasteiger partial charge in [-0.05, 0) is 36.0 Å². The van der Waals surface area contributed by atoms with Gasteiger partial charge in [-0.2, -0.15) is 0 Å². The minimum atomic E-state index is -0.630. The molecule has 0 spiro atoms. The summed E-state index contributed by atoms with van der Waals surface area (Å²) in [5.74, 6) is -0.299. The second kappa shape index (κ2) is 5.15. The van der Waals surface area contributed by atoms with Crippen LogP contribution in [0, 0.1) is 11.2 Å². The number of benzene rings is 1. The van der Waals surface area contributed by atoms with Crippen LogP contribution in [0.5, 0.6) is 0 Å². The normalized spacial score (nSPS) is 19.7. The molecule has 17 heavy (non-hydrogen) atoms. The molecule has 1 saturated carbocycles. The van der Waals surface area contributed by atoms with Crippen LogP contribution in [0.2, 0.25) is 0 Å². The number of halogens is 1. The van der Waals surface area contributed by atoms with Crippen LogP contribution in [0.1, 0.15) is 37.9 Å². The molecule has 2 N–H and O–H groups in total. The minimum Gasteiger partial charge on any atom is -0.387 e. The van der Waals surface area contributed by atoms with E-state index in [0.29, 0.717) is 17.5 Å². The van der Waals surface area contributed by atoms with Gasteiger partial charge in [-0.25, -0.2) is 4.39 Å². The first-order chi connectivity index (χ1) is 8.09. The van der Waals surface area contributed by atoms with Crippen molar-refractivity contribution >= 4 is 0 Å². The zero-order valence-corrected chi connectivity index (χ0v) is 10.2. The van der Waals surface area contributed by atoms with Crippen molar-refractivity contribution in [1.82, 2.24) is 5.32 Å². The highest BCUT2D eigenvalue weighted by atomic mass is 19.1. The van der Waals surface area contributed by atoms with Crippen molar-refractivity contribution in [3.63, 3.8) is 0 Å². The van der Waals surface area contributed by atoms with Crippen molar-refractivity contribution in [2.24, 2.45) is 5.41 Å². The van der Waals surface area contributed by atoms with Gasteiger partial charge in [0.15, 0.2) is 0 Å². The molecule has 0 aromatic heterocycles. The number of hydrogen-bond acceptors (Lipinski definition) is 2. The molecule has 94 valence electrons. The molecule has 1 unspecified atom stereocenters. The third-order valence-electron chi connectivity index (χ3n) is 3.68. The Morgan fingerprint density at radius 3 is 2.82 bits per heavy atom. The average molecular weight is 237 g/mol. The lowest BCUT2D eigenvalue weighted by Crippen LogP contribution is -2.38. The highest BCUT2D eigenvalue weighted by Crippen LogP contribution is 2.39. The van der Waals surface area contributed by atoms with Gasteiger partial charge in [0.05, 0.1) is 6.10 Å². The van der Waals surface area contributed by atoms with Gasteiger partial charge in [0, 0.05) is 13.1 Å². The van der Waals surface area contributed by atoms with Crippen molar-refractivity contribution in [3.05, 3.63) is 35.6 Å². The summed E-state index contributed by atoms with van der Waals surface area (Å²) in [6.07, 6.45) is 3.20. The minimum absolute atomic E-state index is 0.299. The van der Waals surface area contributed by atoms with Crippen molar-refractivity contribution in [2.75, 3.05) is 13.1 Å². The summed E-state index contributed by atoms with van der Waals surface area (Å²) >= 11 is 0. The van der Waals surface area contributed by atoms with Gasteiger partial charge < -0.3 is 10.4 Å². The third-order valence-corrected chi connectivity index (χ3v) is 3.68. The Morgan fingerprint density at radius 2 is 2.24 bits per heavy atom. The van der Waals surface area contributed by atoms with E-state index in [2.05, 4.69) is 12.2 Å². The maximum Gasteiger partial charge on any atom is 0.123 e. The molecule has 0 amide bonds. The number of hydrogen-bond donors (Lipinski definition) is 2. The van der Waals surface area contributed by atoms with Crippen LogP contribution in [0.4, 0.5) is 4.39 Å². The van der Waals surface area contributed by atoms with E-state index in [-0.39, 0.29) is 5.82 Å². The lowest BCUT2D eigenvalue weighted by molar-refractivity contribution is 0.133. The first-order valence-corrected chi connectivity index (χ1v) is 6.23. The molecule has 1 fully saturated rings. The highest BCUT2D eigenvalue weighted by Gasteiger charge is 2.31. The SMILES string of the molecule is CC1(CNCC(O)c2cccc(F)c2)CCC1. The van der Waals surface area contributed by atoms with Gasteiger partial charge in [-0.1, -0.05) is 25.5 Å². The number of aliphatic hydroxyl groups excluding tert-OH is 1. The highest BCUT2D eigenvalue weighted by molar-refractivity contribution is 5.18. The summed E-state index contributed by atoms with van der Waals surface area (Å²) in [5, 5.41) is 13.2. The fraction of sp³-hybridized carbons (Fsp3) is 0.571. The smallest absolute Gasteiger partial charge is 0.123 e. The fourth-order valence-corrected chi connectivity index (χ4v) is 2.30. The fourth-order valence-electron chi connectivity index (χ4n) is 2.30. The molecule has 1 aromatic carbocycles. The largest absolute Gasteiger partial charge is 0.387 e. The van der Waals surface area contributed by atoms with Gasteiger partial charge in [0.2, 0.25) is 0 Å². The number of nitrogens with one attached hydrogen (secondary N) is 1. The van der Waals surface area contributed by atoms with Gasteiger partial charge >= 0.3 is 0 Å². The third kappa shape index (κ3) is 3.27. The maximum absolute atomic E-state index is 13.0. The Bertz CT molecular complexity index is 376. The van der Waals surface area contributed by atoms with Crippen LogP contribution in [-0.4, -0.2) is 18.2 Å². The molecule has 0 bridgehead atoms. The Balaban J connectivity index is 1.79. The Hall–Kier alpha value is -0.930. The van der Waals surface area contributed by atoms with Gasteiger partial charge in [0.25, 0.3) is 0 Å². The predicted octanol–water partition coefficient (Wildman–Crippen LogP) is 2.64. The standard InChI is InChI=1S/C14H20FNO/c1-14(6-3-7-14)10-16-9-13(17)11-4-2-5-12(15)8-11/h2,4-5,8,13,16-17H,3,6-7,9-10H2,1H3. The zero-order valence-electron chi connectivity index (χ0n) is 10.2. The van der Waals surface area contributed by atoms with E-state index in [1.807, 2.05) is 0 Å². The monoisotopic (exact) mass is 237 g/mol. The molecule has 0 heterocycles. The quantitative estimate of drug-likeness (QED) is 0.825. The number of rotatable bonds is 5. The summed E-state index contributed by atoms with van der Waals surface area (Å²) in [4.78, 5) is 0. The van der Waals surface area contributed by atoms with Crippen molar-refractivity contribution in [1.29, 1.82) is 0 Å². The summed E-state index contributed by atoms with van der Waals surface area (Å²) < 4.78 is 13.0. The molecular weight excluding hydrogens is 217 g/mol. The second-order valence-corrected chi connectivity index (χ2v) is 5.37. The van der Waals surface area contributed by atoms with E-state index in [1.54, 1.807) is 12.1 Å². The van der Waals surface area contributed by atoms with Crippen molar-refractivity contribution < 1.29 is 9.50 Å². The molecule has 1 aliphatic carbocycles. The molecule has 1 atom stereocenters. The van der Waals surface area contributed by atoms with E-state index in [9.17, 15) is 9.50 Å². The molecular formula is C14H20FNO. The lowest BCUT2D eigenvalue weighted by atomic mass is 9.70. The summed E-state index contributed by atoms with van der Waals surface area (Å²) in [7, 11) is 0. The van der Waals surface area contributed by atoms with Crippen molar-refractivity contribution in [2.45, 2.75) is 32.3 Å². The van der Waals surface area contributed by atoms with Gasteiger partial charge in [-0.3, -0.25) is 0 Å².